The highest BCUT2D eigenvalue weighted by Crippen LogP contribution is 2.28. The number of aromatic nitrogens is 1. The number of hydroxylamine groups is 1. The maximum atomic E-state index is 12.1. The number of para-hydroxylation sites is 1. The lowest BCUT2D eigenvalue weighted by Gasteiger charge is -2.28. The van der Waals surface area contributed by atoms with Crippen LogP contribution in [0.4, 0.5) is 13.2 Å². The summed E-state index contributed by atoms with van der Waals surface area (Å²) in [6.07, 6.45) is 1.74. The van der Waals surface area contributed by atoms with Gasteiger partial charge < -0.3 is 14.9 Å². The SMILES string of the molecule is O=C(/C=C/c1ccc2c(c1)CC(N(CCO)CCc1c[nH]c3ccccc13)C2)NOC(=O)C(F)(F)F. The van der Waals surface area contributed by atoms with Crippen LogP contribution in [0.25, 0.3) is 17.0 Å². The second kappa shape index (κ2) is 11.0. The zero-order valence-corrected chi connectivity index (χ0v) is 19.3. The lowest BCUT2D eigenvalue weighted by Crippen LogP contribution is -2.39. The van der Waals surface area contributed by atoms with Crippen LogP contribution in [0, 0.1) is 0 Å². The van der Waals surface area contributed by atoms with Crippen molar-refractivity contribution in [1.82, 2.24) is 15.4 Å². The van der Waals surface area contributed by atoms with Crippen molar-refractivity contribution in [2.75, 3.05) is 19.7 Å². The van der Waals surface area contributed by atoms with Crippen molar-refractivity contribution in [2.45, 2.75) is 31.5 Å². The number of benzene rings is 2. The molecule has 36 heavy (non-hydrogen) atoms. The predicted molar refractivity (Wildman–Crippen MR) is 128 cm³/mol. The monoisotopic (exact) mass is 501 g/mol. The molecular formula is C26H26F3N3O4. The Balaban J connectivity index is 1.35. The Morgan fingerprint density at radius 2 is 1.92 bits per heavy atom. The number of carbonyl (C=O) groups is 2. The largest absolute Gasteiger partial charge is 0.493 e. The van der Waals surface area contributed by atoms with Gasteiger partial charge in [-0.05, 0) is 53.7 Å². The molecule has 0 bridgehead atoms. The highest BCUT2D eigenvalue weighted by Gasteiger charge is 2.41. The number of hydrogen-bond acceptors (Lipinski definition) is 5. The number of nitrogens with one attached hydrogen (secondary N) is 2. The van der Waals surface area contributed by atoms with Gasteiger partial charge in [-0.15, -0.1) is 0 Å². The third kappa shape index (κ3) is 6.13. The average Bonchev–Trinajstić information content (AvgIpc) is 3.47. The number of nitrogens with zero attached hydrogens (tertiary/aromatic N) is 1. The molecule has 7 nitrogen and oxygen atoms in total. The highest BCUT2D eigenvalue weighted by molar-refractivity contribution is 5.92. The minimum atomic E-state index is -5.19. The fourth-order valence-corrected chi connectivity index (χ4v) is 4.55. The van der Waals surface area contributed by atoms with E-state index in [4.69, 9.17) is 0 Å². The summed E-state index contributed by atoms with van der Waals surface area (Å²) in [6.45, 7) is 1.41. The van der Waals surface area contributed by atoms with Crippen LogP contribution < -0.4 is 5.48 Å². The zero-order chi connectivity index (χ0) is 25.7. The Kier molecular flexibility index (Phi) is 7.76. The molecule has 0 fully saturated rings. The summed E-state index contributed by atoms with van der Waals surface area (Å²) in [6, 6.07) is 14.1. The number of amides is 1. The highest BCUT2D eigenvalue weighted by atomic mass is 19.4. The van der Waals surface area contributed by atoms with Crippen LogP contribution >= 0.6 is 0 Å². The quantitative estimate of drug-likeness (QED) is 0.325. The smallest absolute Gasteiger partial charge is 0.395 e. The fourth-order valence-electron chi connectivity index (χ4n) is 4.55. The molecule has 0 spiro atoms. The number of alkyl halides is 3. The molecule has 1 aliphatic rings. The summed E-state index contributed by atoms with van der Waals surface area (Å²) < 4.78 is 36.4. The van der Waals surface area contributed by atoms with Gasteiger partial charge in [0.15, 0.2) is 0 Å². The van der Waals surface area contributed by atoms with Gasteiger partial charge in [-0.3, -0.25) is 9.69 Å². The maximum Gasteiger partial charge on any atom is 0.493 e. The second-order valence-electron chi connectivity index (χ2n) is 8.65. The molecule has 1 heterocycles. The van der Waals surface area contributed by atoms with E-state index in [2.05, 4.69) is 20.8 Å². The van der Waals surface area contributed by atoms with Crippen LogP contribution in [-0.2, 0) is 33.7 Å². The Morgan fingerprint density at radius 3 is 2.69 bits per heavy atom. The standard InChI is InChI=1S/C26H26F3N3O4/c27-26(28,29)25(35)36-31-24(34)8-6-17-5-7-18-14-21(15-20(18)13-17)32(11-12-33)10-9-19-16-30-23-4-2-1-3-22(19)23/h1-8,13,16,21,30,33H,9-12,14-15H2,(H,31,34)/b8-6+. The Hall–Kier alpha value is -3.63. The van der Waals surface area contributed by atoms with Gasteiger partial charge in [-0.1, -0.05) is 36.4 Å². The molecule has 2 aromatic carbocycles. The van der Waals surface area contributed by atoms with Crippen molar-refractivity contribution in [3.05, 3.63) is 77.0 Å². The van der Waals surface area contributed by atoms with E-state index < -0.39 is 18.1 Å². The van der Waals surface area contributed by atoms with Gasteiger partial charge in [0.2, 0.25) is 0 Å². The molecule has 0 saturated carbocycles. The van der Waals surface area contributed by atoms with Crippen LogP contribution in [0.15, 0.2) is 54.7 Å². The van der Waals surface area contributed by atoms with Gasteiger partial charge >= 0.3 is 12.1 Å². The molecule has 3 aromatic rings. The fraction of sp³-hybridized carbons (Fsp3) is 0.308. The number of aromatic amines is 1. The summed E-state index contributed by atoms with van der Waals surface area (Å²) in [4.78, 5) is 31.7. The normalized spacial score (nSPS) is 15.5. The van der Waals surface area contributed by atoms with Crippen molar-refractivity contribution in [1.29, 1.82) is 0 Å². The first-order valence-electron chi connectivity index (χ1n) is 11.5. The number of halogens is 3. The van der Waals surface area contributed by atoms with Gasteiger partial charge in [0.1, 0.15) is 0 Å². The molecule has 3 N–H and O–H groups in total. The van der Waals surface area contributed by atoms with Crippen LogP contribution in [-0.4, -0.2) is 58.8 Å². The summed E-state index contributed by atoms with van der Waals surface area (Å²) >= 11 is 0. The van der Waals surface area contributed by atoms with E-state index >= 15 is 0 Å². The van der Waals surface area contributed by atoms with Gasteiger partial charge in [-0.2, -0.15) is 18.7 Å². The second-order valence-corrected chi connectivity index (χ2v) is 8.65. The molecule has 190 valence electrons. The number of aliphatic hydroxyl groups is 1. The number of hydrogen-bond donors (Lipinski definition) is 3. The Bertz CT molecular complexity index is 1270. The lowest BCUT2D eigenvalue weighted by molar-refractivity contribution is -0.207. The van der Waals surface area contributed by atoms with Crippen molar-refractivity contribution < 1.29 is 32.7 Å². The van der Waals surface area contributed by atoms with E-state index in [1.807, 2.05) is 42.6 Å². The van der Waals surface area contributed by atoms with Crippen LogP contribution in [0.3, 0.4) is 0 Å². The van der Waals surface area contributed by atoms with E-state index in [1.165, 1.54) is 28.1 Å². The molecule has 0 aliphatic heterocycles. The van der Waals surface area contributed by atoms with Crippen molar-refractivity contribution in [2.24, 2.45) is 0 Å². The molecule has 1 aliphatic carbocycles. The predicted octanol–water partition coefficient (Wildman–Crippen LogP) is 3.32. The first-order valence-corrected chi connectivity index (χ1v) is 11.5. The van der Waals surface area contributed by atoms with Gasteiger partial charge in [-0.25, -0.2) is 4.79 Å². The van der Waals surface area contributed by atoms with E-state index in [9.17, 15) is 27.9 Å². The molecule has 1 atom stereocenters. The number of rotatable bonds is 8. The van der Waals surface area contributed by atoms with E-state index in [-0.39, 0.29) is 12.6 Å². The minimum absolute atomic E-state index is 0.0583. The Labute approximate surface area is 205 Å². The lowest BCUT2D eigenvalue weighted by atomic mass is 10.1. The number of aliphatic hydroxyl groups excluding tert-OH is 1. The third-order valence-electron chi connectivity index (χ3n) is 6.29. The molecule has 1 amide bonds. The van der Waals surface area contributed by atoms with Crippen molar-refractivity contribution in [3.8, 4) is 0 Å². The minimum Gasteiger partial charge on any atom is -0.395 e. The third-order valence-corrected chi connectivity index (χ3v) is 6.29. The van der Waals surface area contributed by atoms with E-state index in [0.717, 1.165) is 43.0 Å². The summed E-state index contributed by atoms with van der Waals surface area (Å²) in [5, 5.41) is 10.8. The first kappa shape index (κ1) is 25.5. The molecule has 0 radical (unpaired) electrons. The molecule has 1 unspecified atom stereocenters. The molecule has 10 heteroatoms. The van der Waals surface area contributed by atoms with E-state index in [0.29, 0.717) is 12.1 Å². The molecule has 1 aromatic heterocycles. The van der Waals surface area contributed by atoms with Crippen LogP contribution in [0.2, 0.25) is 0 Å². The molecular weight excluding hydrogens is 475 g/mol. The van der Waals surface area contributed by atoms with Crippen LogP contribution in [0.1, 0.15) is 22.3 Å². The van der Waals surface area contributed by atoms with E-state index in [1.54, 1.807) is 0 Å². The van der Waals surface area contributed by atoms with Gasteiger partial charge in [0.05, 0.1) is 6.61 Å². The average molecular weight is 502 g/mol. The topological polar surface area (TPSA) is 94.7 Å². The number of carbonyl (C=O) groups excluding carboxylic acids is 2. The first-order chi connectivity index (χ1) is 17.2. The summed E-state index contributed by atoms with van der Waals surface area (Å²) in [5.74, 6) is -3.48. The summed E-state index contributed by atoms with van der Waals surface area (Å²) in [7, 11) is 0. The van der Waals surface area contributed by atoms with Crippen LogP contribution in [0.5, 0.6) is 0 Å². The maximum absolute atomic E-state index is 12.1. The Morgan fingerprint density at radius 1 is 1.14 bits per heavy atom. The zero-order valence-electron chi connectivity index (χ0n) is 19.3. The summed E-state index contributed by atoms with van der Waals surface area (Å²) in [5.41, 5.74) is 6.77. The van der Waals surface area contributed by atoms with Gasteiger partial charge in [0.25, 0.3) is 5.91 Å². The molecule has 4 rings (SSSR count). The van der Waals surface area contributed by atoms with Crippen molar-refractivity contribution in [3.63, 3.8) is 0 Å². The van der Waals surface area contributed by atoms with Crippen molar-refractivity contribution >= 4 is 28.9 Å². The van der Waals surface area contributed by atoms with Gasteiger partial charge in [0, 0.05) is 42.3 Å². The number of fused-ring (bicyclic) bond motifs is 2. The molecule has 0 saturated heterocycles. The number of H-pyrrole nitrogens is 1.